The molecule has 0 spiro atoms. The van der Waals surface area contributed by atoms with Crippen LogP contribution < -0.4 is 11.0 Å². The summed E-state index contributed by atoms with van der Waals surface area (Å²) in [5.74, 6) is 0. The van der Waals surface area contributed by atoms with Crippen LogP contribution in [0.3, 0.4) is 0 Å². The van der Waals surface area contributed by atoms with Gasteiger partial charge in [0.15, 0.2) is 5.65 Å². The van der Waals surface area contributed by atoms with Gasteiger partial charge in [-0.1, -0.05) is 0 Å². The van der Waals surface area contributed by atoms with Crippen LogP contribution in [-0.4, -0.2) is 31.9 Å². The molecule has 0 aromatic carbocycles. The lowest BCUT2D eigenvalue weighted by molar-refractivity contribution is 0.0456. The fourth-order valence-electron chi connectivity index (χ4n) is 2.91. The van der Waals surface area contributed by atoms with Gasteiger partial charge in [0.2, 0.25) is 0 Å². The smallest absolute Gasteiger partial charge is 0.407 e. The monoisotopic (exact) mass is 318 g/mol. The molecule has 1 N–H and O–H groups in total. The minimum Gasteiger partial charge on any atom is -0.444 e. The van der Waals surface area contributed by atoms with Crippen molar-refractivity contribution < 1.29 is 9.53 Å². The molecular formula is C16H22N4O3. The van der Waals surface area contributed by atoms with E-state index in [1.54, 1.807) is 22.4 Å². The molecule has 7 heteroatoms. The quantitative estimate of drug-likeness (QED) is 0.918. The zero-order valence-corrected chi connectivity index (χ0v) is 13.9. The molecule has 3 rings (SSSR count). The van der Waals surface area contributed by atoms with E-state index in [0.29, 0.717) is 18.5 Å². The molecule has 1 fully saturated rings. The molecule has 2 heterocycles. The molecule has 0 bridgehead atoms. The molecule has 7 nitrogen and oxygen atoms in total. The number of fused-ring (bicyclic) bond motifs is 1. The number of imidazole rings is 1. The summed E-state index contributed by atoms with van der Waals surface area (Å²) in [7, 11) is 1.75. The topological polar surface area (TPSA) is 78.2 Å². The third kappa shape index (κ3) is 2.95. The zero-order valence-electron chi connectivity index (χ0n) is 13.9. The fourth-order valence-corrected chi connectivity index (χ4v) is 2.91. The van der Waals surface area contributed by atoms with Gasteiger partial charge in [-0.2, -0.15) is 0 Å². The molecule has 0 saturated heterocycles. The first-order chi connectivity index (χ1) is 10.8. The van der Waals surface area contributed by atoms with Gasteiger partial charge >= 0.3 is 11.8 Å². The molecule has 2 aromatic rings. The lowest BCUT2D eigenvalue weighted by Gasteiger charge is -2.36. The Kier molecular flexibility index (Phi) is 3.66. The summed E-state index contributed by atoms with van der Waals surface area (Å²) in [6.45, 7) is 5.49. The van der Waals surface area contributed by atoms with E-state index in [0.717, 1.165) is 5.52 Å². The average Bonchev–Trinajstić information content (AvgIpc) is 2.65. The van der Waals surface area contributed by atoms with Crippen molar-refractivity contribution >= 4 is 17.3 Å². The third-order valence-corrected chi connectivity index (χ3v) is 4.05. The number of ether oxygens (including phenoxy) is 1. The van der Waals surface area contributed by atoms with E-state index in [-0.39, 0.29) is 17.8 Å². The van der Waals surface area contributed by atoms with Crippen molar-refractivity contribution in [2.45, 2.75) is 51.3 Å². The van der Waals surface area contributed by atoms with E-state index < -0.39 is 11.7 Å². The molecule has 1 amide bonds. The minimum absolute atomic E-state index is 0.0284. The molecule has 1 aliphatic carbocycles. The van der Waals surface area contributed by atoms with Crippen LogP contribution in [0.25, 0.3) is 11.2 Å². The minimum atomic E-state index is -0.510. The number of nitrogens with one attached hydrogen (secondary N) is 1. The Bertz CT molecular complexity index is 794. The summed E-state index contributed by atoms with van der Waals surface area (Å²) >= 11 is 0. The average molecular weight is 318 g/mol. The molecule has 2 aromatic heterocycles. The van der Waals surface area contributed by atoms with Gasteiger partial charge in [-0.3, -0.25) is 9.13 Å². The van der Waals surface area contributed by atoms with Crippen LogP contribution in [0.1, 0.15) is 39.7 Å². The number of rotatable bonds is 2. The molecular weight excluding hydrogens is 296 g/mol. The van der Waals surface area contributed by atoms with Crippen LogP contribution in [0.15, 0.2) is 23.1 Å². The number of alkyl carbamates (subject to hydrolysis) is 1. The molecule has 0 atom stereocenters. The summed E-state index contributed by atoms with van der Waals surface area (Å²) in [6.07, 6.45) is 2.68. The summed E-state index contributed by atoms with van der Waals surface area (Å²) in [6, 6.07) is 3.79. The van der Waals surface area contributed by atoms with Crippen molar-refractivity contribution in [3.05, 3.63) is 28.8 Å². The zero-order chi connectivity index (χ0) is 16.8. The predicted octanol–water partition coefficient (Wildman–Crippen LogP) is 1.96. The van der Waals surface area contributed by atoms with E-state index in [4.69, 9.17) is 4.74 Å². The van der Waals surface area contributed by atoms with Crippen LogP contribution >= 0.6 is 0 Å². The first-order valence-corrected chi connectivity index (χ1v) is 7.78. The van der Waals surface area contributed by atoms with Crippen LogP contribution in [0.2, 0.25) is 0 Å². The van der Waals surface area contributed by atoms with Crippen molar-refractivity contribution in [1.29, 1.82) is 0 Å². The molecule has 0 aliphatic heterocycles. The predicted molar refractivity (Wildman–Crippen MR) is 86.4 cm³/mol. The number of hydrogen-bond acceptors (Lipinski definition) is 4. The summed E-state index contributed by atoms with van der Waals surface area (Å²) in [5, 5.41) is 2.84. The van der Waals surface area contributed by atoms with E-state index in [9.17, 15) is 9.59 Å². The SMILES string of the molecule is Cn1c(=O)n([C@H]2C[C@H](NC(=O)OC(C)(C)C)C2)c2ncccc21. The van der Waals surface area contributed by atoms with E-state index in [2.05, 4.69) is 10.3 Å². The molecule has 23 heavy (non-hydrogen) atoms. The number of nitrogens with zero attached hydrogens (tertiary/aromatic N) is 3. The summed E-state index contributed by atoms with van der Waals surface area (Å²) < 4.78 is 8.58. The van der Waals surface area contributed by atoms with Gasteiger partial charge in [-0.05, 0) is 45.7 Å². The number of pyridine rings is 1. The summed E-state index contributed by atoms with van der Waals surface area (Å²) in [5.41, 5.74) is 0.935. The van der Waals surface area contributed by atoms with Gasteiger partial charge in [-0.25, -0.2) is 14.6 Å². The van der Waals surface area contributed by atoms with E-state index >= 15 is 0 Å². The van der Waals surface area contributed by atoms with Crippen molar-refractivity contribution in [3.8, 4) is 0 Å². The maximum absolute atomic E-state index is 12.4. The Hall–Kier alpha value is -2.31. The highest BCUT2D eigenvalue weighted by Gasteiger charge is 2.35. The van der Waals surface area contributed by atoms with E-state index in [1.165, 1.54) is 0 Å². The maximum atomic E-state index is 12.4. The number of amides is 1. The fraction of sp³-hybridized carbons (Fsp3) is 0.562. The molecule has 1 aliphatic rings. The largest absolute Gasteiger partial charge is 0.444 e. The number of hydrogen-bond donors (Lipinski definition) is 1. The van der Waals surface area contributed by atoms with Gasteiger partial charge in [0, 0.05) is 25.3 Å². The molecule has 124 valence electrons. The maximum Gasteiger partial charge on any atom is 0.407 e. The second-order valence-electron chi connectivity index (χ2n) is 7.03. The Morgan fingerprint density at radius 1 is 1.39 bits per heavy atom. The van der Waals surface area contributed by atoms with Gasteiger partial charge in [0.05, 0.1) is 5.52 Å². The van der Waals surface area contributed by atoms with Gasteiger partial charge in [0.1, 0.15) is 5.60 Å². The molecule has 0 unspecified atom stereocenters. The summed E-state index contributed by atoms with van der Waals surface area (Å²) in [4.78, 5) is 28.5. The van der Waals surface area contributed by atoms with Crippen LogP contribution in [0.4, 0.5) is 4.79 Å². The number of aryl methyl sites for hydroxylation is 1. The second kappa shape index (κ2) is 5.40. The number of carbonyl (C=O) groups excluding carboxylic acids is 1. The van der Waals surface area contributed by atoms with Crippen LogP contribution in [0.5, 0.6) is 0 Å². The van der Waals surface area contributed by atoms with Crippen molar-refractivity contribution in [1.82, 2.24) is 19.4 Å². The Morgan fingerprint density at radius 2 is 2.09 bits per heavy atom. The Balaban J connectivity index is 1.70. The van der Waals surface area contributed by atoms with Crippen LogP contribution in [-0.2, 0) is 11.8 Å². The van der Waals surface area contributed by atoms with Gasteiger partial charge in [0.25, 0.3) is 0 Å². The highest BCUT2D eigenvalue weighted by molar-refractivity contribution is 5.71. The Labute approximate surface area is 134 Å². The lowest BCUT2D eigenvalue weighted by atomic mass is 9.86. The lowest BCUT2D eigenvalue weighted by Crippen LogP contribution is -2.48. The highest BCUT2D eigenvalue weighted by atomic mass is 16.6. The van der Waals surface area contributed by atoms with Crippen LogP contribution in [0, 0.1) is 0 Å². The highest BCUT2D eigenvalue weighted by Crippen LogP contribution is 2.33. The molecule has 1 saturated carbocycles. The van der Waals surface area contributed by atoms with Gasteiger partial charge in [-0.15, -0.1) is 0 Å². The Morgan fingerprint density at radius 3 is 2.74 bits per heavy atom. The normalized spacial score (nSPS) is 21.0. The van der Waals surface area contributed by atoms with Crippen molar-refractivity contribution in [2.24, 2.45) is 7.05 Å². The molecule has 0 radical (unpaired) electrons. The van der Waals surface area contributed by atoms with E-state index in [1.807, 2.05) is 32.9 Å². The first kappa shape index (κ1) is 15.6. The number of carbonyl (C=O) groups is 1. The van der Waals surface area contributed by atoms with Gasteiger partial charge < -0.3 is 10.1 Å². The second-order valence-corrected chi connectivity index (χ2v) is 7.03. The third-order valence-electron chi connectivity index (χ3n) is 4.05. The standard InChI is InChI=1S/C16H22N4O3/c1-16(2,3)23-14(21)18-10-8-11(9-10)20-13-12(6-5-7-17-13)19(4)15(20)22/h5-7,10-11H,8-9H2,1-4H3,(H,18,21)/t10-,11-. The number of aromatic nitrogens is 3. The van der Waals surface area contributed by atoms with Crippen molar-refractivity contribution in [3.63, 3.8) is 0 Å². The van der Waals surface area contributed by atoms with Crippen molar-refractivity contribution in [2.75, 3.05) is 0 Å². The first-order valence-electron chi connectivity index (χ1n) is 7.78.